The molecule has 1 amide bonds. The van der Waals surface area contributed by atoms with Crippen LogP contribution in [-0.4, -0.2) is 5.91 Å². The number of carbonyl (C=O) groups is 1. The first-order chi connectivity index (χ1) is 7.82. The molecule has 1 aromatic carbocycles. The second-order valence-corrected chi connectivity index (χ2v) is 3.28. The molecule has 0 saturated heterocycles. The van der Waals surface area contributed by atoms with Gasteiger partial charge >= 0.3 is 6.18 Å². The molecule has 1 aromatic rings. The van der Waals surface area contributed by atoms with Gasteiger partial charge in [0.2, 0.25) is 5.91 Å². The number of amides is 1. The molecule has 1 rings (SSSR count). The second-order valence-electron chi connectivity index (χ2n) is 3.28. The highest BCUT2D eigenvalue weighted by molar-refractivity contribution is 5.76. The molecular formula is C11H9F4NO. The van der Waals surface area contributed by atoms with E-state index in [0.717, 1.165) is 12.1 Å². The largest absolute Gasteiger partial charge is 0.419 e. The standard InChI is InChI=1S/C11H9F4NO/c12-10-7(4-2-6-9(16)17)3-1-5-8(10)11(13,14)15/h1-5H,6H2,(H2,16,17). The fourth-order valence-electron chi connectivity index (χ4n) is 1.20. The normalized spacial score (nSPS) is 12.0. The number of halogens is 4. The first-order valence-electron chi connectivity index (χ1n) is 4.63. The maximum atomic E-state index is 13.4. The van der Waals surface area contributed by atoms with Gasteiger partial charge in [0.05, 0.1) is 5.56 Å². The number of primary amides is 1. The predicted octanol–water partition coefficient (Wildman–Crippen LogP) is 2.73. The summed E-state index contributed by atoms with van der Waals surface area (Å²) >= 11 is 0. The molecule has 2 nitrogen and oxygen atoms in total. The molecule has 6 heteroatoms. The summed E-state index contributed by atoms with van der Waals surface area (Å²) in [6.45, 7) is 0. The van der Waals surface area contributed by atoms with Gasteiger partial charge in [0.25, 0.3) is 0 Å². The van der Waals surface area contributed by atoms with Crippen LogP contribution in [0.25, 0.3) is 6.08 Å². The van der Waals surface area contributed by atoms with Crippen LogP contribution in [0.2, 0.25) is 0 Å². The minimum Gasteiger partial charge on any atom is -0.369 e. The van der Waals surface area contributed by atoms with Gasteiger partial charge in [-0.1, -0.05) is 24.3 Å². The zero-order chi connectivity index (χ0) is 13.1. The van der Waals surface area contributed by atoms with Crippen molar-refractivity contribution in [2.45, 2.75) is 12.6 Å². The molecule has 0 radical (unpaired) electrons. The highest BCUT2D eigenvalue weighted by atomic mass is 19.4. The fraction of sp³-hybridized carbons (Fsp3) is 0.182. The lowest BCUT2D eigenvalue weighted by Crippen LogP contribution is -2.09. The van der Waals surface area contributed by atoms with Crippen molar-refractivity contribution >= 4 is 12.0 Å². The quantitative estimate of drug-likeness (QED) is 0.820. The maximum Gasteiger partial charge on any atom is 0.419 e. The number of rotatable bonds is 3. The van der Waals surface area contributed by atoms with E-state index in [9.17, 15) is 22.4 Å². The van der Waals surface area contributed by atoms with Crippen molar-refractivity contribution in [3.63, 3.8) is 0 Å². The van der Waals surface area contributed by atoms with Crippen LogP contribution < -0.4 is 5.73 Å². The van der Waals surface area contributed by atoms with Gasteiger partial charge in [-0.25, -0.2) is 4.39 Å². The maximum absolute atomic E-state index is 13.4. The average molecular weight is 247 g/mol. The van der Waals surface area contributed by atoms with Gasteiger partial charge in [0.15, 0.2) is 0 Å². The highest BCUT2D eigenvalue weighted by Crippen LogP contribution is 2.32. The number of hydrogen-bond donors (Lipinski definition) is 1. The van der Waals surface area contributed by atoms with Crippen molar-refractivity contribution in [3.05, 3.63) is 41.2 Å². The van der Waals surface area contributed by atoms with Crippen molar-refractivity contribution in [2.24, 2.45) is 5.73 Å². The van der Waals surface area contributed by atoms with Crippen molar-refractivity contribution in [3.8, 4) is 0 Å². The lowest BCUT2D eigenvalue weighted by molar-refractivity contribution is -0.140. The Hall–Kier alpha value is -1.85. The summed E-state index contributed by atoms with van der Waals surface area (Å²) in [5, 5.41) is 0. The fourth-order valence-corrected chi connectivity index (χ4v) is 1.20. The van der Waals surface area contributed by atoms with E-state index in [2.05, 4.69) is 0 Å². The third-order valence-electron chi connectivity index (χ3n) is 1.95. The topological polar surface area (TPSA) is 43.1 Å². The van der Waals surface area contributed by atoms with Crippen LogP contribution in [0.1, 0.15) is 17.5 Å². The monoisotopic (exact) mass is 247 g/mol. The zero-order valence-electron chi connectivity index (χ0n) is 8.59. The zero-order valence-corrected chi connectivity index (χ0v) is 8.59. The third-order valence-corrected chi connectivity index (χ3v) is 1.95. The molecule has 0 aliphatic carbocycles. The Kier molecular flexibility index (Phi) is 3.88. The molecule has 0 aliphatic heterocycles. The Labute approximate surface area is 94.7 Å². The summed E-state index contributed by atoms with van der Waals surface area (Å²) < 4.78 is 50.4. The Morgan fingerprint density at radius 3 is 2.53 bits per heavy atom. The molecule has 0 bridgehead atoms. The lowest BCUT2D eigenvalue weighted by atomic mass is 10.1. The summed E-state index contributed by atoms with van der Waals surface area (Å²) in [7, 11) is 0. The van der Waals surface area contributed by atoms with E-state index in [1.807, 2.05) is 0 Å². The van der Waals surface area contributed by atoms with Gasteiger partial charge in [-0.05, 0) is 6.07 Å². The predicted molar refractivity (Wildman–Crippen MR) is 54.2 cm³/mol. The molecule has 0 atom stereocenters. The minimum absolute atomic E-state index is 0.157. The van der Waals surface area contributed by atoms with Crippen LogP contribution in [0.3, 0.4) is 0 Å². The van der Waals surface area contributed by atoms with E-state index >= 15 is 0 Å². The Morgan fingerprint density at radius 1 is 1.35 bits per heavy atom. The third kappa shape index (κ3) is 3.58. The molecule has 17 heavy (non-hydrogen) atoms. The number of benzene rings is 1. The van der Waals surface area contributed by atoms with Crippen molar-refractivity contribution in [1.29, 1.82) is 0 Å². The van der Waals surface area contributed by atoms with E-state index in [-0.39, 0.29) is 12.0 Å². The summed E-state index contributed by atoms with van der Waals surface area (Å²) in [5.41, 5.74) is 3.26. The van der Waals surface area contributed by atoms with Crippen molar-refractivity contribution in [2.75, 3.05) is 0 Å². The SMILES string of the molecule is NC(=O)CC=Cc1cccc(C(F)(F)F)c1F. The Balaban J connectivity index is 3.03. The van der Waals surface area contributed by atoms with E-state index in [0.29, 0.717) is 6.07 Å². The number of hydrogen-bond acceptors (Lipinski definition) is 1. The van der Waals surface area contributed by atoms with E-state index in [4.69, 9.17) is 5.73 Å². The van der Waals surface area contributed by atoms with Gasteiger partial charge in [-0.15, -0.1) is 0 Å². The molecule has 0 unspecified atom stereocenters. The summed E-state index contributed by atoms with van der Waals surface area (Å²) in [4.78, 5) is 10.4. The van der Waals surface area contributed by atoms with Crippen molar-refractivity contribution < 1.29 is 22.4 Å². The molecule has 2 N–H and O–H groups in total. The minimum atomic E-state index is -4.74. The molecule has 0 spiro atoms. The van der Waals surface area contributed by atoms with Crippen LogP contribution >= 0.6 is 0 Å². The van der Waals surface area contributed by atoms with Crippen LogP contribution in [0.4, 0.5) is 17.6 Å². The van der Waals surface area contributed by atoms with Crippen LogP contribution in [-0.2, 0) is 11.0 Å². The number of nitrogens with two attached hydrogens (primary N) is 1. The van der Waals surface area contributed by atoms with Gasteiger partial charge < -0.3 is 5.73 Å². The lowest BCUT2D eigenvalue weighted by Gasteiger charge is -2.08. The first kappa shape index (κ1) is 13.2. The molecular weight excluding hydrogens is 238 g/mol. The Morgan fingerprint density at radius 2 is 2.00 bits per heavy atom. The van der Waals surface area contributed by atoms with E-state index in [1.54, 1.807) is 0 Å². The van der Waals surface area contributed by atoms with Gasteiger partial charge in [0, 0.05) is 12.0 Å². The van der Waals surface area contributed by atoms with Crippen LogP contribution in [0, 0.1) is 5.82 Å². The molecule has 0 fully saturated rings. The summed E-state index contributed by atoms with van der Waals surface area (Å²) in [5.74, 6) is -2.01. The highest BCUT2D eigenvalue weighted by Gasteiger charge is 2.34. The first-order valence-corrected chi connectivity index (χ1v) is 4.63. The molecule has 0 aliphatic rings. The number of carbonyl (C=O) groups excluding carboxylic acids is 1. The van der Waals surface area contributed by atoms with Gasteiger partial charge in [-0.3, -0.25) is 4.79 Å². The summed E-state index contributed by atoms with van der Waals surface area (Å²) in [6.07, 6.45) is -2.59. The van der Waals surface area contributed by atoms with Gasteiger partial charge in [-0.2, -0.15) is 13.2 Å². The molecule has 0 aromatic heterocycles. The van der Waals surface area contributed by atoms with Crippen LogP contribution in [0.5, 0.6) is 0 Å². The average Bonchev–Trinajstić information content (AvgIpc) is 2.18. The summed E-state index contributed by atoms with van der Waals surface area (Å²) in [6, 6.07) is 2.93. The van der Waals surface area contributed by atoms with E-state index < -0.39 is 23.5 Å². The molecule has 0 heterocycles. The molecule has 92 valence electrons. The second kappa shape index (κ2) is 4.99. The van der Waals surface area contributed by atoms with Crippen LogP contribution in [0.15, 0.2) is 24.3 Å². The van der Waals surface area contributed by atoms with Gasteiger partial charge in [0.1, 0.15) is 5.82 Å². The molecule has 0 saturated carbocycles. The van der Waals surface area contributed by atoms with E-state index in [1.165, 1.54) is 12.1 Å². The number of alkyl halides is 3. The van der Waals surface area contributed by atoms with Crippen molar-refractivity contribution in [1.82, 2.24) is 0 Å². The smallest absolute Gasteiger partial charge is 0.369 e. The Bertz CT molecular complexity index is 451.